The standard InChI is InChI=1S/C32H43F2N7O5Si/c1-21(29(43)38-26-16-37-27(17-36-26)46-25-10-9-22(33)15-23(25)34)40-11-12-41(32(5,6)20-40)30(44)24-19-39(28(42)18-35-24)13-14-45-47(7,8)31(2,3)4/h9-10,15-19,21H,11-14,20H2,1-8H3,(H,36,38,43)/t21-/m0/s1. The van der Waals surface area contributed by atoms with Crippen LogP contribution in [0.5, 0.6) is 11.6 Å². The van der Waals surface area contributed by atoms with Gasteiger partial charge in [-0.05, 0) is 51.0 Å². The Bertz CT molecular complexity index is 1660. The average Bonchev–Trinajstić information content (AvgIpc) is 2.98. The van der Waals surface area contributed by atoms with Gasteiger partial charge in [0.1, 0.15) is 11.5 Å². The molecule has 15 heteroatoms. The van der Waals surface area contributed by atoms with Gasteiger partial charge in [-0.3, -0.25) is 19.3 Å². The lowest BCUT2D eigenvalue weighted by atomic mass is 9.97. The molecule has 0 spiro atoms. The Kier molecular flexibility index (Phi) is 10.6. The molecule has 4 rings (SSSR count). The van der Waals surface area contributed by atoms with Crippen molar-refractivity contribution in [3.63, 3.8) is 0 Å². The van der Waals surface area contributed by atoms with Crippen molar-refractivity contribution in [2.75, 3.05) is 31.6 Å². The van der Waals surface area contributed by atoms with E-state index in [0.29, 0.717) is 38.9 Å². The number of anilines is 1. The first-order chi connectivity index (χ1) is 21.9. The summed E-state index contributed by atoms with van der Waals surface area (Å²) in [6.07, 6.45) is 5.15. The topological polar surface area (TPSA) is 132 Å². The number of rotatable bonds is 10. The number of piperazine rings is 1. The van der Waals surface area contributed by atoms with Crippen molar-refractivity contribution in [2.24, 2.45) is 0 Å². The van der Waals surface area contributed by atoms with Gasteiger partial charge in [0.15, 0.2) is 25.7 Å². The van der Waals surface area contributed by atoms with Gasteiger partial charge in [0, 0.05) is 38.4 Å². The van der Waals surface area contributed by atoms with Gasteiger partial charge >= 0.3 is 0 Å². The monoisotopic (exact) mass is 671 g/mol. The second kappa shape index (κ2) is 14.0. The van der Waals surface area contributed by atoms with Gasteiger partial charge in [0.25, 0.3) is 11.5 Å². The minimum atomic E-state index is -1.99. The summed E-state index contributed by atoms with van der Waals surface area (Å²) in [4.78, 5) is 55.3. The van der Waals surface area contributed by atoms with E-state index in [9.17, 15) is 23.2 Å². The van der Waals surface area contributed by atoms with Crippen molar-refractivity contribution in [1.29, 1.82) is 0 Å². The SMILES string of the molecule is C[C@@H](C(=O)Nc1cnc(Oc2ccc(F)cc2F)cn1)N1CCN(C(=O)c2cn(CCO[Si](C)(C)C(C)(C)C)c(=O)cn2)C(C)(C)C1. The molecule has 1 fully saturated rings. The summed E-state index contributed by atoms with van der Waals surface area (Å²) in [5.74, 6) is -2.33. The van der Waals surface area contributed by atoms with E-state index in [4.69, 9.17) is 9.16 Å². The van der Waals surface area contributed by atoms with E-state index >= 15 is 0 Å². The Morgan fingerprint density at radius 3 is 2.43 bits per heavy atom. The second-order valence-electron chi connectivity index (χ2n) is 13.7. The van der Waals surface area contributed by atoms with Gasteiger partial charge in [0.2, 0.25) is 11.8 Å². The van der Waals surface area contributed by atoms with Crippen LogP contribution in [0.2, 0.25) is 18.1 Å². The minimum absolute atomic E-state index is 0.0338. The van der Waals surface area contributed by atoms with Gasteiger partial charge in [-0.25, -0.2) is 23.7 Å². The zero-order valence-electron chi connectivity index (χ0n) is 28.1. The van der Waals surface area contributed by atoms with Crippen molar-refractivity contribution in [3.8, 4) is 11.6 Å². The van der Waals surface area contributed by atoms with E-state index in [1.165, 1.54) is 23.2 Å². The Labute approximate surface area is 274 Å². The molecular weight excluding hydrogens is 628 g/mol. The third kappa shape index (κ3) is 8.64. The number of nitrogens with one attached hydrogen (secondary N) is 1. The minimum Gasteiger partial charge on any atom is -0.434 e. The van der Waals surface area contributed by atoms with Crippen LogP contribution in [0.15, 0.2) is 47.8 Å². The van der Waals surface area contributed by atoms with E-state index < -0.39 is 31.5 Å². The van der Waals surface area contributed by atoms with Crippen LogP contribution in [-0.2, 0) is 15.8 Å². The fourth-order valence-corrected chi connectivity index (χ4v) is 5.92. The number of halogens is 2. The van der Waals surface area contributed by atoms with Gasteiger partial charge in [-0.2, -0.15) is 0 Å². The van der Waals surface area contributed by atoms with Crippen molar-refractivity contribution in [3.05, 3.63) is 70.7 Å². The summed E-state index contributed by atoms with van der Waals surface area (Å²) in [6.45, 7) is 18.2. The molecule has 1 aromatic carbocycles. The van der Waals surface area contributed by atoms with Crippen LogP contribution in [-0.4, -0.2) is 87.3 Å². The number of hydrogen-bond acceptors (Lipinski definition) is 9. The molecule has 1 aliphatic heterocycles. The highest BCUT2D eigenvalue weighted by Crippen LogP contribution is 2.36. The van der Waals surface area contributed by atoms with Gasteiger partial charge < -0.3 is 23.9 Å². The van der Waals surface area contributed by atoms with Crippen molar-refractivity contribution in [2.45, 2.75) is 77.8 Å². The van der Waals surface area contributed by atoms with Crippen molar-refractivity contribution >= 4 is 25.9 Å². The third-order valence-electron chi connectivity index (χ3n) is 8.79. The molecule has 0 radical (unpaired) electrons. The number of carbonyl (C=O) groups is 2. The summed E-state index contributed by atoms with van der Waals surface area (Å²) in [5, 5.41) is 2.75. The zero-order valence-corrected chi connectivity index (χ0v) is 29.1. The van der Waals surface area contributed by atoms with Crippen molar-refractivity contribution in [1.82, 2.24) is 29.3 Å². The Hall–Kier alpha value is -4.08. The summed E-state index contributed by atoms with van der Waals surface area (Å²) < 4.78 is 40.0. The molecule has 2 aromatic heterocycles. The molecule has 47 heavy (non-hydrogen) atoms. The number of ether oxygens (including phenoxy) is 1. The number of nitrogens with zero attached hydrogens (tertiary/aromatic N) is 6. The molecule has 12 nitrogen and oxygen atoms in total. The van der Waals surface area contributed by atoms with E-state index in [-0.39, 0.29) is 45.6 Å². The second-order valence-corrected chi connectivity index (χ2v) is 18.5. The number of hydrogen-bond donors (Lipinski definition) is 1. The predicted octanol–water partition coefficient (Wildman–Crippen LogP) is 4.69. The fourth-order valence-electron chi connectivity index (χ4n) is 4.88. The lowest BCUT2D eigenvalue weighted by Crippen LogP contribution is -2.63. The highest BCUT2D eigenvalue weighted by atomic mass is 28.4. The first-order valence-corrected chi connectivity index (χ1v) is 18.3. The molecule has 0 aliphatic carbocycles. The van der Waals surface area contributed by atoms with Crippen LogP contribution >= 0.6 is 0 Å². The molecule has 3 heterocycles. The van der Waals surface area contributed by atoms with Crippen LogP contribution < -0.4 is 15.6 Å². The number of aromatic nitrogens is 4. The maximum Gasteiger partial charge on any atom is 0.274 e. The Balaban J connectivity index is 1.34. The van der Waals surface area contributed by atoms with Crippen LogP contribution in [0.25, 0.3) is 0 Å². The zero-order chi connectivity index (χ0) is 34.7. The molecule has 1 N–H and O–H groups in total. The first kappa shape index (κ1) is 35.8. The highest BCUT2D eigenvalue weighted by Gasteiger charge is 2.40. The van der Waals surface area contributed by atoms with E-state index in [0.717, 1.165) is 18.3 Å². The van der Waals surface area contributed by atoms with E-state index in [2.05, 4.69) is 54.1 Å². The molecule has 1 aliphatic rings. The van der Waals surface area contributed by atoms with Crippen molar-refractivity contribution < 1.29 is 27.5 Å². The quantitative estimate of drug-likeness (QED) is 0.305. The molecule has 0 bridgehead atoms. The van der Waals surface area contributed by atoms with Crippen LogP contribution in [0.1, 0.15) is 52.0 Å². The van der Waals surface area contributed by atoms with Crippen LogP contribution in [0.3, 0.4) is 0 Å². The lowest BCUT2D eigenvalue weighted by molar-refractivity contribution is -0.122. The Morgan fingerprint density at radius 1 is 1.09 bits per heavy atom. The van der Waals surface area contributed by atoms with Gasteiger partial charge in [-0.15, -0.1) is 0 Å². The predicted molar refractivity (Wildman–Crippen MR) is 175 cm³/mol. The molecule has 254 valence electrons. The van der Waals surface area contributed by atoms with Gasteiger partial charge in [-0.1, -0.05) is 20.8 Å². The molecule has 3 aromatic rings. The fraction of sp³-hybridized carbons (Fsp3) is 0.500. The number of amides is 2. The third-order valence-corrected chi connectivity index (χ3v) is 13.3. The molecular formula is C32H43F2N7O5Si. The molecule has 0 unspecified atom stereocenters. The highest BCUT2D eigenvalue weighted by molar-refractivity contribution is 6.74. The maximum absolute atomic E-state index is 13.9. The smallest absolute Gasteiger partial charge is 0.274 e. The lowest BCUT2D eigenvalue weighted by Gasteiger charge is -2.48. The molecule has 2 amide bonds. The molecule has 1 atom stereocenters. The summed E-state index contributed by atoms with van der Waals surface area (Å²) in [6, 6.07) is 2.32. The number of benzene rings is 1. The summed E-state index contributed by atoms with van der Waals surface area (Å²) in [7, 11) is -1.99. The van der Waals surface area contributed by atoms with E-state index in [1.54, 1.807) is 11.8 Å². The first-order valence-electron chi connectivity index (χ1n) is 15.4. The van der Waals surface area contributed by atoms with Crippen LogP contribution in [0, 0.1) is 11.6 Å². The Morgan fingerprint density at radius 2 is 1.81 bits per heavy atom. The summed E-state index contributed by atoms with van der Waals surface area (Å²) >= 11 is 0. The maximum atomic E-state index is 13.9. The average molecular weight is 672 g/mol. The normalized spacial score (nSPS) is 16.1. The molecule has 1 saturated heterocycles. The largest absolute Gasteiger partial charge is 0.434 e. The number of carbonyl (C=O) groups excluding carboxylic acids is 2. The molecule has 0 saturated carbocycles. The van der Waals surface area contributed by atoms with Crippen LogP contribution in [0.4, 0.5) is 14.6 Å². The van der Waals surface area contributed by atoms with Gasteiger partial charge in [0.05, 0.1) is 36.8 Å². The summed E-state index contributed by atoms with van der Waals surface area (Å²) in [5.41, 5.74) is -0.804. The van der Waals surface area contributed by atoms with E-state index in [1.807, 2.05) is 18.7 Å².